The molecule has 3 heterocycles. The van der Waals surface area contributed by atoms with Gasteiger partial charge in [0.2, 0.25) is 11.8 Å². The first-order valence-corrected chi connectivity index (χ1v) is 10.4. The molecule has 2 amide bonds. The number of fused-ring (bicyclic) bond motifs is 2. The predicted octanol–water partition coefficient (Wildman–Crippen LogP) is 2.06. The number of halogens is 1. The largest absolute Gasteiger partial charge is 0.350 e. The lowest BCUT2D eigenvalue weighted by molar-refractivity contribution is -0.132. The molecule has 152 valence electrons. The molecule has 1 aromatic rings. The van der Waals surface area contributed by atoms with Crippen molar-refractivity contribution in [2.75, 3.05) is 32.7 Å². The van der Waals surface area contributed by atoms with Crippen LogP contribution in [0.15, 0.2) is 24.3 Å². The molecule has 5 nitrogen and oxygen atoms in total. The molecule has 3 saturated heterocycles. The Balaban J connectivity index is 1.37. The first-order valence-electron chi connectivity index (χ1n) is 10.4. The highest BCUT2D eigenvalue weighted by molar-refractivity contribution is 5.84. The standard InChI is InChI=1S/C22H30FN3O2/c1-15(2)12-25-13-18-19(14-25)22(24-21(18)28)7-9-26(10-8-22)20(27)11-16-3-5-17(23)6-4-16/h3-6,15,18-19H,7-14H2,1-2H3,(H,24,28)/t18-,19+/m1/s1. The summed E-state index contributed by atoms with van der Waals surface area (Å²) in [4.78, 5) is 29.6. The van der Waals surface area contributed by atoms with Crippen LogP contribution in [0, 0.1) is 23.6 Å². The Bertz CT molecular complexity index is 741. The van der Waals surface area contributed by atoms with E-state index in [1.54, 1.807) is 12.1 Å². The van der Waals surface area contributed by atoms with E-state index in [1.165, 1.54) is 12.1 Å². The molecular formula is C22H30FN3O2. The van der Waals surface area contributed by atoms with Crippen LogP contribution in [0.4, 0.5) is 4.39 Å². The number of likely N-dealkylation sites (tertiary alicyclic amines) is 2. The number of hydrogen-bond donors (Lipinski definition) is 1. The molecule has 1 N–H and O–H groups in total. The molecule has 0 bridgehead atoms. The first kappa shape index (κ1) is 19.4. The van der Waals surface area contributed by atoms with Gasteiger partial charge >= 0.3 is 0 Å². The van der Waals surface area contributed by atoms with Crippen LogP contribution < -0.4 is 5.32 Å². The number of benzene rings is 1. The first-order chi connectivity index (χ1) is 13.4. The van der Waals surface area contributed by atoms with E-state index in [1.807, 2.05) is 4.90 Å². The Labute approximate surface area is 166 Å². The van der Waals surface area contributed by atoms with E-state index in [2.05, 4.69) is 24.1 Å². The zero-order valence-corrected chi connectivity index (χ0v) is 16.8. The van der Waals surface area contributed by atoms with E-state index in [0.29, 0.717) is 31.3 Å². The molecule has 4 rings (SSSR count). The van der Waals surface area contributed by atoms with Gasteiger partial charge in [-0.15, -0.1) is 0 Å². The summed E-state index contributed by atoms with van der Waals surface area (Å²) in [6, 6.07) is 6.13. The van der Waals surface area contributed by atoms with Crippen LogP contribution in [-0.4, -0.2) is 59.9 Å². The Morgan fingerprint density at radius 2 is 1.89 bits per heavy atom. The molecule has 1 aromatic carbocycles. The third-order valence-corrected chi connectivity index (χ3v) is 6.71. The predicted molar refractivity (Wildman–Crippen MR) is 105 cm³/mol. The van der Waals surface area contributed by atoms with Crippen LogP contribution in [-0.2, 0) is 16.0 Å². The Kier molecular flexibility index (Phi) is 5.17. The van der Waals surface area contributed by atoms with Crippen molar-refractivity contribution in [1.29, 1.82) is 0 Å². The molecule has 0 unspecified atom stereocenters. The van der Waals surface area contributed by atoms with Gasteiger partial charge in [-0.2, -0.15) is 0 Å². The molecular weight excluding hydrogens is 357 g/mol. The molecule has 3 aliphatic heterocycles. The maximum atomic E-state index is 13.1. The molecule has 28 heavy (non-hydrogen) atoms. The smallest absolute Gasteiger partial charge is 0.226 e. The van der Waals surface area contributed by atoms with Crippen LogP contribution in [0.1, 0.15) is 32.3 Å². The van der Waals surface area contributed by atoms with Gasteiger partial charge in [-0.05, 0) is 36.5 Å². The summed E-state index contributed by atoms with van der Waals surface area (Å²) in [5.74, 6) is 1.04. The summed E-state index contributed by atoms with van der Waals surface area (Å²) in [7, 11) is 0. The number of carbonyl (C=O) groups excluding carboxylic acids is 2. The van der Waals surface area contributed by atoms with Crippen molar-refractivity contribution in [2.45, 2.75) is 38.6 Å². The Morgan fingerprint density at radius 3 is 2.54 bits per heavy atom. The molecule has 0 saturated carbocycles. The second kappa shape index (κ2) is 7.47. The Hall–Kier alpha value is -1.95. The maximum absolute atomic E-state index is 13.1. The highest BCUT2D eigenvalue weighted by atomic mass is 19.1. The number of amides is 2. The number of piperidine rings is 1. The third-order valence-electron chi connectivity index (χ3n) is 6.71. The van der Waals surface area contributed by atoms with Gasteiger partial charge in [0.25, 0.3) is 0 Å². The lowest BCUT2D eigenvalue weighted by atomic mass is 9.75. The van der Waals surface area contributed by atoms with Crippen LogP contribution >= 0.6 is 0 Å². The summed E-state index contributed by atoms with van der Waals surface area (Å²) >= 11 is 0. The highest BCUT2D eigenvalue weighted by Gasteiger charge is 2.57. The molecule has 0 aliphatic carbocycles. The summed E-state index contributed by atoms with van der Waals surface area (Å²) in [5.41, 5.74) is 0.682. The van der Waals surface area contributed by atoms with Gasteiger partial charge in [-0.1, -0.05) is 26.0 Å². The number of hydrogen-bond acceptors (Lipinski definition) is 3. The molecule has 0 aromatic heterocycles. The van der Waals surface area contributed by atoms with E-state index in [9.17, 15) is 14.0 Å². The minimum atomic E-state index is -0.286. The lowest BCUT2D eigenvalue weighted by Crippen LogP contribution is -2.56. The molecule has 1 spiro atoms. The van der Waals surface area contributed by atoms with Crippen molar-refractivity contribution in [2.24, 2.45) is 17.8 Å². The number of rotatable bonds is 4. The van der Waals surface area contributed by atoms with Gasteiger partial charge in [-0.3, -0.25) is 9.59 Å². The molecule has 3 aliphatic rings. The summed E-state index contributed by atoms with van der Waals surface area (Å²) in [6.45, 7) is 8.67. The second-order valence-electron chi connectivity index (χ2n) is 9.15. The molecule has 6 heteroatoms. The fourth-order valence-corrected chi connectivity index (χ4v) is 5.35. The van der Waals surface area contributed by atoms with E-state index in [4.69, 9.17) is 0 Å². The van der Waals surface area contributed by atoms with E-state index in [0.717, 1.165) is 38.0 Å². The zero-order chi connectivity index (χ0) is 19.9. The minimum Gasteiger partial charge on any atom is -0.350 e. The van der Waals surface area contributed by atoms with Crippen LogP contribution in [0.2, 0.25) is 0 Å². The topological polar surface area (TPSA) is 52.7 Å². The minimum absolute atomic E-state index is 0.0789. The fraction of sp³-hybridized carbons (Fsp3) is 0.636. The van der Waals surface area contributed by atoms with Crippen molar-refractivity contribution < 1.29 is 14.0 Å². The van der Waals surface area contributed by atoms with Gasteiger partial charge in [0.15, 0.2) is 0 Å². The van der Waals surface area contributed by atoms with Gasteiger partial charge in [0, 0.05) is 44.2 Å². The van der Waals surface area contributed by atoms with Crippen molar-refractivity contribution in [3.8, 4) is 0 Å². The van der Waals surface area contributed by atoms with Crippen molar-refractivity contribution in [3.63, 3.8) is 0 Å². The van der Waals surface area contributed by atoms with E-state index in [-0.39, 0.29) is 29.1 Å². The van der Waals surface area contributed by atoms with Crippen molar-refractivity contribution in [3.05, 3.63) is 35.6 Å². The van der Waals surface area contributed by atoms with Gasteiger partial charge in [0.1, 0.15) is 5.82 Å². The third kappa shape index (κ3) is 3.66. The van der Waals surface area contributed by atoms with Crippen molar-refractivity contribution in [1.82, 2.24) is 15.1 Å². The number of nitrogens with zero attached hydrogens (tertiary/aromatic N) is 2. The summed E-state index contributed by atoms with van der Waals surface area (Å²) in [5, 5.41) is 3.32. The number of carbonyl (C=O) groups is 2. The Morgan fingerprint density at radius 1 is 1.21 bits per heavy atom. The van der Waals surface area contributed by atoms with Crippen LogP contribution in [0.3, 0.4) is 0 Å². The van der Waals surface area contributed by atoms with Crippen LogP contribution in [0.5, 0.6) is 0 Å². The molecule has 2 atom stereocenters. The zero-order valence-electron chi connectivity index (χ0n) is 16.8. The van der Waals surface area contributed by atoms with Gasteiger partial charge in [-0.25, -0.2) is 4.39 Å². The maximum Gasteiger partial charge on any atom is 0.226 e. The van der Waals surface area contributed by atoms with Crippen LogP contribution in [0.25, 0.3) is 0 Å². The lowest BCUT2D eigenvalue weighted by Gasteiger charge is -2.43. The average molecular weight is 387 g/mol. The van der Waals surface area contributed by atoms with Gasteiger partial charge < -0.3 is 15.1 Å². The quantitative estimate of drug-likeness (QED) is 0.861. The highest BCUT2D eigenvalue weighted by Crippen LogP contribution is 2.44. The average Bonchev–Trinajstić information content (AvgIpc) is 3.17. The van der Waals surface area contributed by atoms with E-state index < -0.39 is 0 Å². The second-order valence-corrected chi connectivity index (χ2v) is 9.15. The SMILES string of the molecule is CC(C)CN1C[C@H]2C(=O)NC3(CCN(C(=O)Cc4ccc(F)cc4)CC3)[C@H]2C1. The molecule has 3 fully saturated rings. The number of nitrogens with one attached hydrogen (secondary N) is 1. The normalized spacial score (nSPS) is 26.7. The summed E-state index contributed by atoms with van der Waals surface area (Å²) < 4.78 is 13.1. The van der Waals surface area contributed by atoms with E-state index >= 15 is 0 Å². The van der Waals surface area contributed by atoms with Gasteiger partial charge in [0.05, 0.1) is 12.3 Å². The molecule has 0 radical (unpaired) electrons. The van der Waals surface area contributed by atoms with Crippen molar-refractivity contribution >= 4 is 11.8 Å². The fourth-order valence-electron chi connectivity index (χ4n) is 5.35. The summed E-state index contributed by atoms with van der Waals surface area (Å²) in [6.07, 6.45) is 1.95. The monoisotopic (exact) mass is 387 g/mol.